The molecule has 4 unspecified atom stereocenters. The van der Waals surface area contributed by atoms with E-state index >= 15 is 0 Å². The fraction of sp³-hybridized carbons (Fsp3) is 0.643. The number of piperazine rings is 1. The molecule has 3 heterocycles. The van der Waals surface area contributed by atoms with Crippen LogP contribution in [0.2, 0.25) is 0 Å². The molecule has 3 amide bonds. The molecule has 4 N–H and O–H groups in total. The lowest BCUT2D eigenvalue weighted by Gasteiger charge is -2.30. The first-order valence-electron chi connectivity index (χ1n) is 14.0. The van der Waals surface area contributed by atoms with Crippen LogP contribution in [0.1, 0.15) is 56.8 Å². The van der Waals surface area contributed by atoms with E-state index in [9.17, 15) is 19.2 Å². The number of Topliss-reactive ketones (excluding diaryl/α,β-unsaturated/α-hetero) is 1. The lowest BCUT2D eigenvalue weighted by molar-refractivity contribution is -0.138. The van der Waals surface area contributed by atoms with Crippen molar-refractivity contribution in [1.29, 1.82) is 0 Å². The molecule has 10 nitrogen and oxygen atoms in total. The van der Waals surface area contributed by atoms with Gasteiger partial charge in [0.25, 0.3) is 5.91 Å². The Hall–Kier alpha value is -2.98. The van der Waals surface area contributed by atoms with Crippen LogP contribution < -0.4 is 21.3 Å². The number of hydrogen-bond donors (Lipinski definition) is 3. The summed E-state index contributed by atoms with van der Waals surface area (Å²) in [6.07, 6.45) is 2.32. The van der Waals surface area contributed by atoms with Gasteiger partial charge in [-0.2, -0.15) is 0 Å². The number of nitrogens with two attached hydrogens (primary N) is 1. The number of benzene rings is 1. The highest BCUT2D eigenvalue weighted by Gasteiger charge is 2.52. The summed E-state index contributed by atoms with van der Waals surface area (Å²) in [6, 6.07) is 5.04. The molecule has 208 valence electrons. The van der Waals surface area contributed by atoms with Gasteiger partial charge in [0.2, 0.25) is 11.8 Å². The molecular weight excluding hydrogens is 484 g/mol. The van der Waals surface area contributed by atoms with Gasteiger partial charge in [0.1, 0.15) is 12.1 Å². The van der Waals surface area contributed by atoms with E-state index in [0.29, 0.717) is 31.4 Å². The lowest BCUT2D eigenvalue weighted by atomic mass is 10.0. The van der Waals surface area contributed by atoms with Crippen LogP contribution in [-0.4, -0.2) is 96.7 Å². The summed E-state index contributed by atoms with van der Waals surface area (Å²) in [5, 5.41) is 6.27. The molecule has 3 aliphatic heterocycles. The third-order valence-corrected chi connectivity index (χ3v) is 7.83. The van der Waals surface area contributed by atoms with E-state index in [4.69, 9.17) is 5.73 Å². The van der Waals surface area contributed by atoms with E-state index in [-0.39, 0.29) is 42.0 Å². The lowest BCUT2D eigenvalue weighted by Crippen LogP contribution is -2.53. The number of fused-ring (bicyclic) bond motifs is 1. The number of likely N-dealkylation sites (tertiary alicyclic amines) is 2. The zero-order chi connectivity index (χ0) is 27.4. The van der Waals surface area contributed by atoms with Gasteiger partial charge in [-0.05, 0) is 49.4 Å². The van der Waals surface area contributed by atoms with Crippen molar-refractivity contribution in [3.05, 3.63) is 29.8 Å². The van der Waals surface area contributed by atoms with E-state index in [0.717, 1.165) is 38.3 Å². The second-order valence-corrected chi connectivity index (χ2v) is 11.1. The highest BCUT2D eigenvalue weighted by atomic mass is 16.2. The van der Waals surface area contributed by atoms with Crippen molar-refractivity contribution >= 4 is 29.2 Å². The number of amides is 3. The van der Waals surface area contributed by atoms with Crippen LogP contribution in [0.4, 0.5) is 5.69 Å². The van der Waals surface area contributed by atoms with E-state index in [1.54, 1.807) is 21.9 Å². The number of carbonyl (C=O) groups excluding carboxylic acids is 4. The molecule has 10 heteroatoms. The van der Waals surface area contributed by atoms with Gasteiger partial charge >= 0.3 is 0 Å². The minimum Gasteiger partial charge on any atom is -0.369 e. The van der Waals surface area contributed by atoms with Crippen LogP contribution in [0.25, 0.3) is 0 Å². The minimum atomic E-state index is -0.756. The van der Waals surface area contributed by atoms with Crippen LogP contribution in [0, 0.1) is 5.92 Å². The predicted molar refractivity (Wildman–Crippen MR) is 146 cm³/mol. The Bertz CT molecular complexity index is 1020. The van der Waals surface area contributed by atoms with Gasteiger partial charge in [-0.1, -0.05) is 27.2 Å². The normalized spacial score (nSPS) is 23.0. The first-order chi connectivity index (χ1) is 18.2. The average molecular weight is 527 g/mol. The molecule has 0 aliphatic carbocycles. The zero-order valence-electron chi connectivity index (χ0n) is 22.8. The van der Waals surface area contributed by atoms with E-state index in [2.05, 4.69) is 15.5 Å². The predicted octanol–water partition coefficient (Wildman–Crippen LogP) is 0.749. The highest BCUT2D eigenvalue weighted by Crippen LogP contribution is 2.31. The number of ketones is 1. The number of rotatable bonds is 9. The van der Waals surface area contributed by atoms with Crippen LogP contribution in [-0.2, 0) is 14.4 Å². The largest absolute Gasteiger partial charge is 0.369 e. The average Bonchev–Trinajstić information content (AvgIpc) is 3.49. The van der Waals surface area contributed by atoms with E-state index in [1.807, 2.05) is 32.9 Å². The quantitative estimate of drug-likeness (QED) is 0.433. The third-order valence-electron chi connectivity index (χ3n) is 7.83. The molecule has 1 aromatic carbocycles. The molecule has 3 saturated heterocycles. The molecule has 0 spiro atoms. The van der Waals surface area contributed by atoms with E-state index in [1.165, 1.54) is 0 Å². The van der Waals surface area contributed by atoms with Crippen molar-refractivity contribution in [1.82, 2.24) is 20.4 Å². The molecule has 0 saturated carbocycles. The second-order valence-electron chi connectivity index (χ2n) is 11.1. The Morgan fingerprint density at radius 1 is 1.05 bits per heavy atom. The summed E-state index contributed by atoms with van der Waals surface area (Å²) in [5.41, 5.74) is 7.62. The van der Waals surface area contributed by atoms with Gasteiger partial charge in [0.15, 0.2) is 5.78 Å². The summed E-state index contributed by atoms with van der Waals surface area (Å²) < 4.78 is 0. The molecule has 0 radical (unpaired) electrons. The van der Waals surface area contributed by atoms with Crippen molar-refractivity contribution in [2.75, 3.05) is 44.2 Å². The molecule has 0 bridgehead atoms. The monoisotopic (exact) mass is 526 g/mol. The SMILES string of the molecule is CCCC(N)C(=O)N1CC(=O)C2C1CCN2C(=O)C(CC(C)C)NC(=O)c1ccc(N2CCNCC2)cc1. The maximum absolute atomic E-state index is 13.7. The van der Waals surface area contributed by atoms with Gasteiger partial charge in [0.05, 0.1) is 18.6 Å². The maximum atomic E-state index is 13.7. The summed E-state index contributed by atoms with van der Waals surface area (Å²) >= 11 is 0. The smallest absolute Gasteiger partial charge is 0.251 e. The van der Waals surface area contributed by atoms with Crippen LogP contribution in [0.5, 0.6) is 0 Å². The number of carbonyl (C=O) groups is 4. The molecule has 1 aromatic rings. The van der Waals surface area contributed by atoms with Crippen LogP contribution in [0.15, 0.2) is 24.3 Å². The van der Waals surface area contributed by atoms with Crippen molar-refractivity contribution in [2.24, 2.45) is 11.7 Å². The summed E-state index contributed by atoms with van der Waals surface area (Å²) in [7, 11) is 0. The van der Waals surface area contributed by atoms with Gasteiger partial charge in [-0.3, -0.25) is 19.2 Å². The van der Waals surface area contributed by atoms with Gasteiger partial charge in [0, 0.05) is 44.0 Å². The fourth-order valence-corrected chi connectivity index (χ4v) is 5.89. The van der Waals surface area contributed by atoms with Crippen molar-refractivity contribution < 1.29 is 19.2 Å². The molecule has 0 aromatic heterocycles. The number of anilines is 1. The van der Waals surface area contributed by atoms with Crippen LogP contribution >= 0.6 is 0 Å². The van der Waals surface area contributed by atoms with Gasteiger partial charge < -0.3 is 31.1 Å². The third kappa shape index (κ3) is 6.02. The summed E-state index contributed by atoms with van der Waals surface area (Å²) in [6.45, 7) is 10.0. The van der Waals surface area contributed by atoms with Gasteiger partial charge in [-0.25, -0.2) is 0 Å². The summed E-state index contributed by atoms with van der Waals surface area (Å²) in [4.78, 5) is 58.2. The summed E-state index contributed by atoms with van der Waals surface area (Å²) in [5.74, 6) is -0.791. The van der Waals surface area contributed by atoms with Gasteiger partial charge in [-0.15, -0.1) is 0 Å². The number of nitrogens with one attached hydrogen (secondary N) is 2. The Kier molecular flexibility index (Phi) is 9.04. The zero-order valence-corrected chi connectivity index (χ0v) is 22.8. The molecule has 3 aliphatic rings. The molecule has 4 atom stereocenters. The van der Waals surface area contributed by atoms with Crippen molar-refractivity contribution in [2.45, 2.75) is 70.6 Å². The first-order valence-corrected chi connectivity index (χ1v) is 14.0. The number of nitrogens with zero attached hydrogens (tertiary/aromatic N) is 3. The maximum Gasteiger partial charge on any atom is 0.251 e. The Morgan fingerprint density at radius 2 is 1.74 bits per heavy atom. The first kappa shape index (κ1) is 28.0. The molecule has 38 heavy (non-hydrogen) atoms. The molecule has 4 rings (SSSR count). The van der Waals surface area contributed by atoms with E-state index < -0.39 is 18.1 Å². The Labute approximate surface area is 225 Å². The van der Waals surface area contributed by atoms with Crippen LogP contribution in [0.3, 0.4) is 0 Å². The Morgan fingerprint density at radius 3 is 2.37 bits per heavy atom. The second kappa shape index (κ2) is 12.3. The molecule has 3 fully saturated rings. The topological polar surface area (TPSA) is 128 Å². The Balaban J connectivity index is 1.44. The fourth-order valence-electron chi connectivity index (χ4n) is 5.89. The van der Waals surface area contributed by atoms with Crippen molar-refractivity contribution in [3.8, 4) is 0 Å². The minimum absolute atomic E-state index is 0.0179. The number of hydrogen-bond acceptors (Lipinski definition) is 7. The molecular formula is C28H42N6O4. The standard InChI is InChI=1S/C28H42N6O4/c1-4-5-21(29)27(37)34-17-24(35)25-23(34)10-13-33(25)28(38)22(16-18(2)3)31-26(36)19-6-8-20(9-7-19)32-14-11-30-12-15-32/h6-9,18,21-23,25,30H,4-5,10-17,29H2,1-3H3,(H,31,36). The van der Waals surface area contributed by atoms with Crippen molar-refractivity contribution in [3.63, 3.8) is 0 Å². The highest BCUT2D eigenvalue weighted by molar-refractivity contribution is 6.01.